The van der Waals surface area contributed by atoms with Crippen molar-refractivity contribution in [3.63, 3.8) is 0 Å². The highest BCUT2D eigenvalue weighted by molar-refractivity contribution is 6.30. The fraction of sp³-hybridized carbons (Fsp3) is 0.381. The van der Waals surface area contributed by atoms with Gasteiger partial charge in [0.05, 0.1) is 7.11 Å². The summed E-state index contributed by atoms with van der Waals surface area (Å²) in [5.74, 6) is 1.12. The first-order valence-electron chi connectivity index (χ1n) is 9.03. The Balaban J connectivity index is 1.48. The minimum absolute atomic E-state index is 0.248. The topological polar surface area (TPSA) is 41.6 Å². The Morgan fingerprint density at radius 3 is 2.77 bits per heavy atom. The molecule has 1 atom stereocenters. The summed E-state index contributed by atoms with van der Waals surface area (Å²) in [5, 5.41) is 4.20. The van der Waals surface area contributed by atoms with E-state index in [0.29, 0.717) is 19.0 Å². The lowest BCUT2D eigenvalue weighted by Crippen LogP contribution is -2.34. The van der Waals surface area contributed by atoms with E-state index in [-0.39, 0.29) is 5.91 Å². The van der Waals surface area contributed by atoms with Crippen LogP contribution in [0.2, 0.25) is 5.02 Å². The summed E-state index contributed by atoms with van der Waals surface area (Å²) in [7, 11) is 1.68. The molecule has 1 amide bonds. The van der Waals surface area contributed by atoms with Crippen LogP contribution in [0.4, 0.5) is 0 Å². The molecule has 0 unspecified atom stereocenters. The average molecular weight is 373 g/mol. The van der Waals surface area contributed by atoms with Gasteiger partial charge in [-0.3, -0.25) is 4.79 Å². The smallest absolute Gasteiger partial charge is 0.223 e. The highest BCUT2D eigenvalue weighted by Gasteiger charge is 2.30. The first-order chi connectivity index (χ1) is 12.7. The van der Waals surface area contributed by atoms with Crippen LogP contribution in [0.5, 0.6) is 5.75 Å². The molecule has 26 heavy (non-hydrogen) atoms. The van der Waals surface area contributed by atoms with E-state index in [1.165, 1.54) is 5.56 Å². The van der Waals surface area contributed by atoms with Gasteiger partial charge >= 0.3 is 0 Å². The number of rotatable bonds is 8. The number of methoxy groups -OCH3 is 1. The van der Waals surface area contributed by atoms with Crippen LogP contribution in [0.25, 0.3) is 0 Å². The zero-order chi connectivity index (χ0) is 18.4. The van der Waals surface area contributed by atoms with Gasteiger partial charge in [0.2, 0.25) is 5.91 Å². The molecule has 3 rings (SSSR count). The summed E-state index contributed by atoms with van der Waals surface area (Å²) in [6.45, 7) is 2.35. The summed E-state index contributed by atoms with van der Waals surface area (Å²) >= 11 is 5.94. The van der Waals surface area contributed by atoms with Gasteiger partial charge in [-0.05, 0) is 54.8 Å². The maximum absolute atomic E-state index is 12.2. The standard InChI is InChI=1S/C21H25ClN2O2/c1-26-20-4-2-3-17(13-20)14-23-12-11-19-9-10-21(25)24(19)15-16-5-7-18(22)8-6-16/h2-8,13,19,23H,9-12,14-15H2,1H3/t19-/m0/s1. The molecule has 0 bridgehead atoms. The largest absolute Gasteiger partial charge is 0.497 e. The Morgan fingerprint density at radius 2 is 2.00 bits per heavy atom. The van der Waals surface area contributed by atoms with Gasteiger partial charge in [-0.2, -0.15) is 0 Å². The van der Waals surface area contributed by atoms with Crippen molar-refractivity contribution in [1.82, 2.24) is 10.2 Å². The summed E-state index contributed by atoms with van der Waals surface area (Å²) in [5.41, 5.74) is 2.32. The summed E-state index contributed by atoms with van der Waals surface area (Å²) in [4.78, 5) is 14.3. The van der Waals surface area contributed by atoms with Crippen molar-refractivity contribution < 1.29 is 9.53 Å². The minimum atomic E-state index is 0.248. The number of nitrogens with zero attached hydrogens (tertiary/aromatic N) is 1. The number of likely N-dealkylation sites (tertiary alicyclic amines) is 1. The molecular formula is C21H25ClN2O2. The van der Waals surface area contributed by atoms with Gasteiger partial charge in [-0.1, -0.05) is 35.9 Å². The van der Waals surface area contributed by atoms with E-state index in [1.54, 1.807) is 7.11 Å². The second-order valence-electron chi connectivity index (χ2n) is 6.66. The molecule has 2 aromatic carbocycles. The van der Waals surface area contributed by atoms with Crippen molar-refractivity contribution in [1.29, 1.82) is 0 Å². The number of hydrogen-bond acceptors (Lipinski definition) is 3. The molecule has 4 nitrogen and oxygen atoms in total. The number of carbonyl (C=O) groups excluding carboxylic acids is 1. The Morgan fingerprint density at radius 1 is 1.19 bits per heavy atom. The molecule has 1 fully saturated rings. The summed E-state index contributed by atoms with van der Waals surface area (Å²) in [6.07, 6.45) is 2.55. The molecule has 0 aromatic heterocycles. The van der Waals surface area contributed by atoms with E-state index in [2.05, 4.69) is 11.4 Å². The molecule has 1 N–H and O–H groups in total. The number of carbonyl (C=O) groups is 1. The highest BCUT2D eigenvalue weighted by Crippen LogP contribution is 2.24. The lowest BCUT2D eigenvalue weighted by molar-refractivity contribution is -0.129. The lowest BCUT2D eigenvalue weighted by Gasteiger charge is -2.25. The second kappa shape index (κ2) is 9.06. The predicted molar refractivity (Wildman–Crippen MR) is 104 cm³/mol. The normalized spacial score (nSPS) is 16.9. The Bertz CT molecular complexity index is 733. The van der Waals surface area contributed by atoms with Crippen molar-refractivity contribution in [3.8, 4) is 5.75 Å². The molecule has 1 saturated heterocycles. The number of amides is 1. The SMILES string of the molecule is COc1cccc(CNCC[C@@H]2CCC(=O)N2Cc2ccc(Cl)cc2)c1. The molecule has 0 spiro atoms. The van der Waals surface area contributed by atoms with Crippen LogP contribution in [0.3, 0.4) is 0 Å². The van der Waals surface area contributed by atoms with Gasteiger partial charge in [0.15, 0.2) is 0 Å². The zero-order valence-electron chi connectivity index (χ0n) is 15.1. The maximum atomic E-state index is 12.2. The van der Waals surface area contributed by atoms with E-state index in [1.807, 2.05) is 47.4 Å². The third-order valence-corrected chi connectivity index (χ3v) is 5.09. The quantitative estimate of drug-likeness (QED) is 0.711. The van der Waals surface area contributed by atoms with Gasteiger partial charge in [0.1, 0.15) is 5.75 Å². The lowest BCUT2D eigenvalue weighted by atomic mass is 10.1. The van der Waals surface area contributed by atoms with Crippen molar-refractivity contribution in [3.05, 3.63) is 64.7 Å². The molecule has 0 saturated carbocycles. The highest BCUT2D eigenvalue weighted by atomic mass is 35.5. The molecule has 1 aliphatic rings. The van der Waals surface area contributed by atoms with E-state index in [9.17, 15) is 4.79 Å². The fourth-order valence-corrected chi connectivity index (χ4v) is 3.51. The second-order valence-corrected chi connectivity index (χ2v) is 7.09. The van der Waals surface area contributed by atoms with Gasteiger partial charge in [-0.15, -0.1) is 0 Å². The van der Waals surface area contributed by atoms with Gasteiger partial charge in [0, 0.05) is 30.6 Å². The van der Waals surface area contributed by atoms with E-state index >= 15 is 0 Å². The van der Waals surface area contributed by atoms with E-state index < -0.39 is 0 Å². The van der Waals surface area contributed by atoms with Crippen LogP contribution in [0.1, 0.15) is 30.4 Å². The van der Waals surface area contributed by atoms with Crippen molar-refractivity contribution in [2.75, 3.05) is 13.7 Å². The molecule has 0 aliphatic carbocycles. The number of hydrogen-bond donors (Lipinski definition) is 1. The molecule has 1 heterocycles. The number of benzene rings is 2. The fourth-order valence-electron chi connectivity index (χ4n) is 3.38. The van der Waals surface area contributed by atoms with Gasteiger partial charge in [-0.25, -0.2) is 0 Å². The first-order valence-corrected chi connectivity index (χ1v) is 9.41. The van der Waals surface area contributed by atoms with Gasteiger partial charge in [0.25, 0.3) is 0 Å². The first kappa shape index (κ1) is 18.7. The third kappa shape index (κ3) is 4.99. The van der Waals surface area contributed by atoms with Crippen LogP contribution in [0.15, 0.2) is 48.5 Å². The molecule has 138 valence electrons. The summed E-state index contributed by atoms with van der Waals surface area (Å²) in [6, 6.07) is 16.1. The zero-order valence-corrected chi connectivity index (χ0v) is 15.8. The molecular weight excluding hydrogens is 348 g/mol. The Hall–Kier alpha value is -2.04. The predicted octanol–water partition coefficient (Wildman–Crippen LogP) is 4.02. The molecule has 1 aliphatic heterocycles. The minimum Gasteiger partial charge on any atom is -0.497 e. The maximum Gasteiger partial charge on any atom is 0.223 e. The van der Waals surface area contributed by atoms with Crippen LogP contribution in [0, 0.1) is 0 Å². The average Bonchev–Trinajstić information content (AvgIpc) is 3.00. The Kier molecular flexibility index (Phi) is 6.53. The van der Waals surface area contributed by atoms with Crippen LogP contribution < -0.4 is 10.1 Å². The van der Waals surface area contributed by atoms with Gasteiger partial charge < -0.3 is 15.0 Å². The number of nitrogens with one attached hydrogen (secondary N) is 1. The van der Waals surface area contributed by atoms with E-state index in [4.69, 9.17) is 16.3 Å². The summed E-state index contributed by atoms with van der Waals surface area (Å²) < 4.78 is 5.25. The van der Waals surface area contributed by atoms with Crippen molar-refractivity contribution in [2.45, 2.75) is 38.4 Å². The molecule has 2 aromatic rings. The molecule has 5 heteroatoms. The van der Waals surface area contributed by atoms with E-state index in [0.717, 1.165) is 42.3 Å². The molecule has 0 radical (unpaired) electrons. The van der Waals surface area contributed by atoms with Crippen molar-refractivity contribution >= 4 is 17.5 Å². The van der Waals surface area contributed by atoms with Crippen LogP contribution in [-0.2, 0) is 17.9 Å². The number of halogens is 1. The van der Waals surface area contributed by atoms with Crippen molar-refractivity contribution in [2.24, 2.45) is 0 Å². The van der Waals surface area contributed by atoms with Crippen LogP contribution in [-0.4, -0.2) is 30.5 Å². The monoisotopic (exact) mass is 372 g/mol. The number of ether oxygens (including phenoxy) is 1. The Labute approximate surface area is 160 Å². The van der Waals surface area contributed by atoms with Crippen LogP contribution >= 0.6 is 11.6 Å². The third-order valence-electron chi connectivity index (χ3n) is 4.84.